The van der Waals surface area contributed by atoms with E-state index in [1.165, 1.54) is 11.8 Å². The van der Waals surface area contributed by atoms with Crippen molar-refractivity contribution in [1.29, 1.82) is 0 Å². The van der Waals surface area contributed by atoms with E-state index in [-0.39, 0.29) is 17.7 Å². The van der Waals surface area contributed by atoms with Crippen LogP contribution < -0.4 is 5.32 Å². The number of hydrogen-bond acceptors (Lipinski definition) is 6. The van der Waals surface area contributed by atoms with E-state index in [9.17, 15) is 4.79 Å². The molecule has 0 radical (unpaired) electrons. The van der Waals surface area contributed by atoms with Crippen LogP contribution in [0.2, 0.25) is 0 Å². The minimum atomic E-state index is -0.0456. The third kappa shape index (κ3) is 6.14. The van der Waals surface area contributed by atoms with Gasteiger partial charge in [0, 0.05) is 37.7 Å². The van der Waals surface area contributed by atoms with Crippen LogP contribution in [-0.4, -0.2) is 44.6 Å². The van der Waals surface area contributed by atoms with Crippen LogP contribution in [0, 0.1) is 0 Å². The lowest BCUT2D eigenvalue weighted by Gasteiger charge is -2.14. The number of nitrogens with one attached hydrogen (secondary N) is 1. The lowest BCUT2D eigenvalue weighted by molar-refractivity contribution is -0.119. The van der Waals surface area contributed by atoms with Gasteiger partial charge in [-0.3, -0.25) is 9.78 Å². The Bertz CT molecular complexity index is 918. The summed E-state index contributed by atoms with van der Waals surface area (Å²) in [6, 6.07) is 13.7. The van der Waals surface area contributed by atoms with E-state index < -0.39 is 0 Å². The number of ether oxygens (including phenoxy) is 1. The first-order chi connectivity index (χ1) is 14.7. The maximum atomic E-state index is 12.5. The minimum Gasteiger partial charge on any atom is -0.382 e. The van der Waals surface area contributed by atoms with Gasteiger partial charge in [-0.25, -0.2) is 0 Å². The van der Waals surface area contributed by atoms with Gasteiger partial charge in [0.2, 0.25) is 5.91 Å². The molecule has 0 fully saturated rings. The molecule has 2 heterocycles. The van der Waals surface area contributed by atoms with E-state index in [1.807, 2.05) is 60.9 Å². The van der Waals surface area contributed by atoms with E-state index in [4.69, 9.17) is 4.74 Å². The fourth-order valence-corrected chi connectivity index (χ4v) is 3.79. The normalized spacial score (nSPS) is 11.9. The topological polar surface area (TPSA) is 81.9 Å². The van der Waals surface area contributed by atoms with Gasteiger partial charge in [0.05, 0.1) is 11.8 Å². The van der Waals surface area contributed by atoms with Crippen molar-refractivity contribution in [2.45, 2.75) is 38.0 Å². The molecule has 1 amide bonds. The van der Waals surface area contributed by atoms with Crippen LogP contribution in [-0.2, 0) is 16.1 Å². The maximum Gasteiger partial charge on any atom is 0.230 e. The van der Waals surface area contributed by atoms with Gasteiger partial charge in [-0.05, 0) is 38.0 Å². The molecule has 0 aliphatic rings. The molecule has 1 aromatic carbocycles. The van der Waals surface area contributed by atoms with Crippen LogP contribution in [0.4, 0.5) is 0 Å². The number of amides is 1. The zero-order valence-corrected chi connectivity index (χ0v) is 18.1. The molecule has 0 unspecified atom stereocenters. The first-order valence-electron chi connectivity index (χ1n) is 10.1. The molecule has 1 atom stereocenters. The molecule has 0 aliphatic carbocycles. The van der Waals surface area contributed by atoms with Crippen molar-refractivity contribution in [3.05, 3.63) is 60.4 Å². The van der Waals surface area contributed by atoms with Crippen LogP contribution in [0.25, 0.3) is 11.4 Å². The van der Waals surface area contributed by atoms with Gasteiger partial charge in [0.15, 0.2) is 11.0 Å². The monoisotopic (exact) mass is 425 g/mol. The average molecular weight is 426 g/mol. The second kappa shape index (κ2) is 11.5. The highest BCUT2D eigenvalue weighted by Crippen LogP contribution is 2.24. The van der Waals surface area contributed by atoms with Crippen molar-refractivity contribution in [1.82, 2.24) is 25.1 Å². The molecule has 0 spiro atoms. The molecule has 7 nitrogen and oxygen atoms in total. The Morgan fingerprint density at radius 3 is 2.67 bits per heavy atom. The van der Waals surface area contributed by atoms with Gasteiger partial charge in [-0.2, -0.15) is 0 Å². The molecule has 3 aromatic rings. The average Bonchev–Trinajstić information content (AvgIpc) is 3.19. The number of carbonyl (C=O) groups excluding carboxylic acids is 1. The Balaban J connectivity index is 1.65. The van der Waals surface area contributed by atoms with E-state index in [2.05, 4.69) is 20.5 Å². The summed E-state index contributed by atoms with van der Waals surface area (Å²) in [7, 11) is 0. The van der Waals surface area contributed by atoms with Crippen molar-refractivity contribution < 1.29 is 9.53 Å². The quantitative estimate of drug-likeness (QED) is 0.372. The first-order valence-corrected chi connectivity index (χ1v) is 11.1. The Morgan fingerprint density at radius 2 is 1.93 bits per heavy atom. The van der Waals surface area contributed by atoms with E-state index in [0.29, 0.717) is 13.2 Å². The SMILES string of the molecule is CCOCCCn1c(SCC(=O)N[C@@H](C)c2ccccc2)nnc1-c1ccncc1. The van der Waals surface area contributed by atoms with E-state index in [0.717, 1.165) is 35.1 Å². The van der Waals surface area contributed by atoms with Gasteiger partial charge >= 0.3 is 0 Å². The Hall–Kier alpha value is -2.71. The summed E-state index contributed by atoms with van der Waals surface area (Å²) in [6.45, 7) is 6.05. The van der Waals surface area contributed by atoms with Crippen molar-refractivity contribution in [2.24, 2.45) is 0 Å². The van der Waals surface area contributed by atoms with Crippen molar-refractivity contribution >= 4 is 17.7 Å². The summed E-state index contributed by atoms with van der Waals surface area (Å²) in [5, 5.41) is 12.5. The molecule has 0 saturated heterocycles. The molecule has 2 aromatic heterocycles. The Kier molecular flexibility index (Phi) is 8.41. The van der Waals surface area contributed by atoms with Crippen LogP contribution in [0.1, 0.15) is 31.9 Å². The number of carbonyl (C=O) groups is 1. The number of thioether (sulfide) groups is 1. The third-order valence-electron chi connectivity index (χ3n) is 4.54. The van der Waals surface area contributed by atoms with Crippen molar-refractivity contribution in [2.75, 3.05) is 19.0 Å². The molecule has 3 rings (SSSR count). The highest BCUT2D eigenvalue weighted by atomic mass is 32.2. The minimum absolute atomic E-state index is 0.0364. The van der Waals surface area contributed by atoms with Crippen LogP contribution in [0.15, 0.2) is 60.0 Å². The number of aromatic nitrogens is 4. The standard InChI is InChI=1S/C22H27N5O2S/c1-3-29-15-7-14-27-21(19-10-12-23-13-11-19)25-26-22(27)30-16-20(28)24-17(2)18-8-5-4-6-9-18/h4-6,8-13,17H,3,7,14-16H2,1-2H3,(H,24,28)/t17-/m0/s1. The summed E-state index contributed by atoms with van der Waals surface area (Å²) in [4.78, 5) is 16.5. The number of rotatable bonds is 11. The third-order valence-corrected chi connectivity index (χ3v) is 5.51. The van der Waals surface area contributed by atoms with Gasteiger partial charge in [-0.15, -0.1) is 10.2 Å². The second-order valence-electron chi connectivity index (χ2n) is 6.73. The van der Waals surface area contributed by atoms with E-state index >= 15 is 0 Å². The summed E-state index contributed by atoms with van der Waals surface area (Å²) in [5.41, 5.74) is 2.03. The van der Waals surface area contributed by atoms with Gasteiger partial charge in [0.25, 0.3) is 0 Å². The van der Waals surface area contributed by atoms with Crippen LogP contribution in [0.3, 0.4) is 0 Å². The maximum absolute atomic E-state index is 12.5. The predicted molar refractivity (Wildman–Crippen MR) is 118 cm³/mol. The lowest BCUT2D eigenvalue weighted by atomic mass is 10.1. The summed E-state index contributed by atoms with van der Waals surface area (Å²) >= 11 is 1.39. The number of hydrogen-bond donors (Lipinski definition) is 1. The zero-order valence-electron chi connectivity index (χ0n) is 17.3. The first kappa shape index (κ1) is 22.0. The fourth-order valence-electron chi connectivity index (χ4n) is 3.02. The number of nitrogens with zero attached hydrogens (tertiary/aromatic N) is 4. The molecule has 0 aliphatic heterocycles. The van der Waals surface area contributed by atoms with Gasteiger partial charge in [-0.1, -0.05) is 42.1 Å². The second-order valence-corrected chi connectivity index (χ2v) is 7.68. The molecular weight excluding hydrogens is 398 g/mol. The van der Waals surface area contributed by atoms with Gasteiger partial charge in [0.1, 0.15) is 0 Å². The Morgan fingerprint density at radius 1 is 1.17 bits per heavy atom. The zero-order chi connectivity index (χ0) is 21.2. The molecule has 30 heavy (non-hydrogen) atoms. The molecular formula is C22H27N5O2S. The highest BCUT2D eigenvalue weighted by molar-refractivity contribution is 7.99. The lowest BCUT2D eigenvalue weighted by Crippen LogP contribution is -2.28. The fraction of sp³-hybridized carbons (Fsp3) is 0.364. The molecule has 0 bridgehead atoms. The highest BCUT2D eigenvalue weighted by Gasteiger charge is 2.16. The predicted octanol–water partition coefficient (Wildman–Crippen LogP) is 3.74. The van der Waals surface area contributed by atoms with Gasteiger partial charge < -0.3 is 14.6 Å². The molecule has 0 saturated carbocycles. The summed E-state index contributed by atoms with van der Waals surface area (Å²) in [5.74, 6) is 1.01. The molecule has 1 N–H and O–H groups in total. The Labute approximate surface area is 181 Å². The van der Waals surface area contributed by atoms with Crippen LogP contribution >= 0.6 is 11.8 Å². The smallest absolute Gasteiger partial charge is 0.230 e. The summed E-state index contributed by atoms with van der Waals surface area (Å²) in [6.07, 6.45) is 4.31. The molecule has 158 valence electrons. The van der Waals surface area contributed by atoms with Crippen LogP contribution in [0.5, 0.6) is 0 Å². The van der Waals surface area contributed by atoms with Crippen molar-refractivity contribution in [3.8, 4) is 11.4 Å². The number of pyridine rings is 1. The van der Waals surface area contributed by atoms with E-state index in [1.54, 1.807) is 12.4 Å². The largest absolute Gasteiger partial charge is 0.382 e. The molecule has 8 heteroatoms. The number of benzene rings is 1. The van der Waals surface area contributed by atoms with Crippen molar-refractivity contribution in [3.63, 3.8) is 0 Å². The summed E-state index contributed by atoms with van der Waals surface area (Å²) < 4.78 is 7.51.